The quantitative estimate of drug-likeness (QED) is 0.121. The minimum atomic E-state index is -1.26. The molecule has 0 heterocycles. The molecular formula is C19H35N3O7S. The Kier molecular flexibility index (Phi) is 14.9. The molecule has 10 nitrogen and oxygen atoms in total. The maximum Gasteiger partial charge on any atom is 0.322 e. The molecule has 4 unspecified atom stereocenters. The molecular weight excluding hydrogens is 414 g/mol. The Morgan fingerprint density at radius 1 is 1.03 bits per heavy atom. The van der Waals surface area contributed by atoms with Gasteiger partial charge in [-0.2, -0.15) is 12.6 Å². The predicted molar refractivity (Wildman–Crippen MR) is 114 cm³/mol. The first-order chi connectivity index (χ1) is 14.1. The van der Waals surface area contributed by atoms with Crippen molar-refractivity contribution in [2.24, 2.45) is 11.7 Å². The number of carbonyl (C=O) groups is 4. The molecule has 11 heteroatoms. The van der Waals surface area contributed by atoms with Crippen LogP contribution in [0, 0.1) is 5.92 Å². The number of nitrogens with two attached hydrogens (primary N) is 1. The van der Waals surface area contributed by atoms with E-state index in [-0.39, 0.29) is 12.2 Å². The van der Waals surface area contributed by atoms with Crippen LogP contribution in [-0.2, 0) is 19.2 Å². The lowest BCUT2D eigenvalue weighted by molar-refractivity contribution is -0.140. The van der Waals surface area contributed by atoms with Gasteiger partial charge in [0.2, 0.25) is 11.8 Å². The molecule has 174 valence electrons. The Morgan fingerprint density at radius 2 is 1.67 bits per heavy atom. The largest absolute Gasteiger partial charge is 0.480 e. The van der Waals surface area contributed by atoms with Crippen LogP contribution < -0.4 is 16.4 Å². The fourth-order valence-electron chi connectivity index (χ4n) is 2.97. The molecule has 0 aliphatic rings. The third-order valence-electron chi connectivity index (χ3n) is 4.74. The van der Waals surface area contributed by atoms with Crippen LogP contribution in [0.4, 0.5) is 0 Å². The van der Waals surface area contributed by atoms with Crippen molar-refractivity contribution in [1.29, 1.82) is 0 Å². The molecule has 0 aromatic heterocycles. The maximum absolute atomic E-state index is 12.3. The molecule has 0 saturated heterocycles. The van der Waals surface area contributed by atoms with E-state index in [0.29, 0.717) is 25.7 Å². The zero-order valence-electron chi connectivity index (χ0n) is 17.4. The molecule has 0 spiro atoms. The first-order valence-electron chi connectivity index (χ1n) is 10.2. The van der Waals surface area contributed by atoms with Gasteiger partial charge in [-0.15, -0.1) is 0 Å². The Hall–Kier alpha value is -1.85. The molecule has 30 heavy (non-hydrogen) atoms. The number of hydrogen-bond donors (Lipinski definition) is 7. The normalized spacial score (nSPS) is 14.9. The summed E-state index contributed by atoms with van der Waals surface area (Å²) >= 11 is 3.98. The number of carboxylic acids is 2. The van der Waals surface area contributed by atoms with Crippen LogP contribution in [0.2, 0.25) is 0 Å². The summed E-state index contributed by atoms with van der Waals surface area (Å²) in [5, 5.41) is 32.4. The van der Waals surface area contributed by atoms with E-state index in [1.165, 1.54) is 0 Å². The van der Waals surface area contributed by atoms with Crippen molar-refractivity contribution in [3.8, 4) is 0 Å². The molecule has 0 radical (unpaired) electrons. The Morgan fingerprint density at radius 3 is 2.20 bits per heavy atom. The molecule has 0 aliphatic carbocycles. The van der Waals surface area contributed by atoms with Crippen LogP contribution in [0.25, 0.3) is 0 Å². The molecule has 2 amide bonds. The number of aliphatic hydroxyl groups is 1. The fraction of sp³-hybridized carbons (Fsp3) is 0.789. The lowest BCUT2D eigenvalue weighted by Gasteiger charge is -2.22. The number of amides is 2. The van der Waals surface area contributed by atoms with Crippen molar-refractivity contribution >= 4 is 36.4 Å². The number of aliphatic hydroxyl groups excluding tert-OH is 1. The topological polar surface area (TPSA) is 179 Å². The number of thiol groups is 1. The standard InChI is InChI=1S/C19H35N3O7S/c1-2-3-4-7-13(23)8-5-6-12(17(20)19(28)29)9-15(24)22-14(11-30)18(27)21-10-16(25)26/h12-14,17,23,30H,2-11,20H2,1H3,(H,21,27)(H,22,24)(H,25,26)(H,28,29). The number of carbonyl (C=O) groups excluding carboxylic acids is 2. The van der Waals surface area contributed by atoms with E-state index in [1.807, 2.05) is 0 Å². The van der Waals surface area contributed by atoms with Crippen LogP contribution in [0.1, 0.15) is 58.3 Å². The van der Waals surface area contributed by atoms with Gasteiger partial charge in [0.15, 0.2) is 0 Å². The van der Waals surface area contributed by atoms with E-state index in [1.54, 1.807) is 0 Å². The summed E-state index contributed by atoms with van der Waals surface area (Å²) in [6, 6.07) is -2.31. The van der Waals surface area contributed by atoms with Crippen molar-refractivity contribution in [3.05, 3.63) is 0 Å². The zero-order valence-corrected chi connectivity index (χ0v) is 18.3. The highest BCUT2D eigenvalue weighted by Crippen LogP contribution is 2.19. The highest BCUT2D eigenvalue weighted by molar-refractivity contribution is 7.80. The minimum Gasteiger partial charge on any atom is -0.480 e. The Balaban J connectivity index is 4.71. The van der Waals surface area contributed by atoms with Crippen molar-refractivity contribution in [2.45, 2.75) is 76.5 Å². The Labute approximate surface area is 182 Å². The van der Waals surface area contributed by atoms with Gasteiger partial charge < -0.3 is 31.7 Å². The molecule has 0 rings (SSSR count). The first kappa shape index (κ1) is 28.1. The van der Waals surface area contributed by atoms with Crippen molar-refractivity contribution < 1.29 is 34.5 Å². The van der Waals surface area contributed by atoms with Gasteiger partial charge in [-0.25, -0.2) is 0 Å². The van der Waals surface area contributed by atoms with Gasteiger partial charge >= 0.3 is 11.9 Å². The summed E-state index contributed by atoms with van der Waals surface area (Å²) in [6.45, 7) is 1.48. The van der Waals surface area contributed by atoms with Crippen LogP contribution in [0.15, 0.2) is 0 Å². The molecule has 4 atom stereocenters. The number of nitrogens with one attached hydrogen (secondary N) is 2. The summed E-state index contributed by atoms with van der Waals surface area (Å²) in [5.74, 6) is -4.47. The lowest BCUT2D eigenvalue weighted by Crippen LogP contribution is -2.50. The fourth-order valence-corrected chi connectivity index (χ4v) is 3.23. The van der Waals surface area contributed by atoms with E-state index in [9.17, 15) is 29.4 Å². The van der Waals surface area contributed by atoms with Crippen molar-refractivity contribution in [2.75, 3.05) is 12.3 Å². The Bertz CT molecular complexity index is 562. The number of unbranched alkanes of at least 4 members (excludes halogenated alkanes) is 2. The smallest absolute Gasteiger partial charge is 0.322 e. The van der Waals surface area contributed by atoms with E-state index < -0.39 is 54.4 Å². The van der Waals surface area contributed by atoms with Crippen molar-refractivity contribution in [1.82, 2.24) is 10.6 Å². The molecule has 0 aromatic carbocycles. The van der Waals surface area contributed by atoms with Gasteiger partial charge in [-0.05, 0) is 25.2 Å². The van der Waals surface area contributed by atoms with Gasteiger partial charge in [0.1, 0.15) is 18.6 Å². The third kappa shape index (κ3) is 12.7. The average Bonchev–Trinajstić information content (AvgIpc) is 2.68. The average molecular weight is 450 g/mol. The minimum absolute atomic E-state index is 0.0587. The molecule has 0 aliphatic heterocycles. The monoisotopic (exact) mass is 449 g/mol. The van der Waals surface area contributed by atoms with E-state index in [2.05, 4.69) is 30.2 Å². The van der Waals surface area contributed by atoms with Gasteiger partial charge in [-0.1, -0.05) is 32.6 Å². The number of hydrogen-bond acceptors (Lipinski definition) is 7. The molecule has 0 bridgehead atoms. The summed E-state index contributed by atoms with van der Waals surface area (Å²) in [7, 11) is 0. The molecule has 7 N–H and O–H groups in total. The number of aliphatic carboxylic acids is 2. The molecule has 0 aromatic rings. The van der Waals surface area contributed by atoms with Crippen LogP contribution in [-0.4, -0.2) is 69.6 Å². The summed E-state index contributed by atoms with van der Waals surface area (Å²) in [5.41, 5.74) is 5.73. The van der Waals surface area contributed by atoms with E-state index in [4.69, 9.17) is 10.8 Å². The SMILES string of the molecule is CCCCCC(O)CCCC(CC(=O)NC(CS)C(=O)NCC(=O)O)C(N)C(=O)O. The van der Waals surface area contributed by atoms with Crippen LogP contribution in [0.5, 0.6) is 0 Å². The second-order valence-corrected chi connectivity index (χ2v) is 7.69. The van der Waals surface area contributed by atoms with Crippen molar-refractivity contribution in [3.63, 3.8) is 0 Å². The second-order valence-electron chi connectivity index (χ2n) is 7.32. The summed E-state index contributed by atoms with van der Waals surface area (Å²) < 4.78 is 0. The third-order valence-corrected chi connectivity index (χ3v) is 5.11. The molecule has 0 fully saturated rings. The second kappa shape index (κ2) is 15.9. The first-order valence-corrected chi connectivity index (χ1v) is 10.8. The maximum atomic E-state index is 12.3. The van der Waals surface area contributed by atoms with Crippen LogP contribution in [0.3, 0.4) is 0 Å². The predicted octanol–water partition coefficient (Wildman–Crippen LogP) is 0.132. The highest BCUT2D eigenvalue weighted by atomic mass is 32.1. The van der Waals surface area contributed by atoms with Gasteiger partial charge in [0.05, 0.1) is 6.10 Å². The van der Waals surface area contributed by atoms with Gasteiger partial charge in [-0.3, -0.25) is 19.2 Å². The van der Waals surface area contributed by atoms with Gasteiger partial charge in [0.25, 0.3) is 0 Å². The van der Waals surface area contributed by atoms with Gasteiger partial charge in [0, 0.05) is 12.2 Å². The van der Waals surface area contributed by atoms with E-state index in [0.717, 1.165) is 19.3 Å². The lowest BCUT2D eigenvalue weighted by atomic mass is 9.89. The van der Waals surface area contributed by atoms with Crippen LogP contribution >= 0.6 is 12.6 Å². The van der Waals surface area contributed by atoms with E-state index >= 15 is 0 Å². The number of carboxylic acid groups (broad SMARTS) is 2. The summed E-state index contributed by atoms with van der Waals surface area (Å²) in [6.07, 6.45) is 4.35. The number of rotatable bonds is 17. The highest BCUT2D eigenvalue weighted by Gasteiger charge is 2.28. The summed E-state index contributed by atoms with van der Waals surface area (Å²) in [4.78, 5) is 46.1. The zero-order chi connectivity index (χ0) is 23.1. The molecule has 0 saturated carbocycles.